The van der Waals surface area contributed by atoms with Crippen molar-refractivity contribution in [3.8, 4) is 0 Å². The Bertz CT molecular complexity index is 502. The van der Waals surface area contributed by atoms with Gasteiger partial charge in [-0.2, -0.15) is 0 Å². The van der Waals surface area contributed by atoms with Crippen LogP contribution in [0.1, 0.15) is 12.0 Å². The first-order valence-corrected chi connectivity index (χ1v) is 6.30. The molecule has 1 aromatic rings. The number of likely N-dealkylation sites (tertiary alicyclic amines) is 1. The van der Waals surface area contributed by atoms with E-state index in [1.54, 1.807) is 0 Å². The number of carboxylic acid groups (broad SMARTS) is 1. The number of hydrogen-bond acceptors (Lipinski definition) is 3. The van der Waals surface area contributed by atoms with Gasteiger partial charge >= 0.3 is 5.97 Å². The third-order valence-corrected chi connectivity index (χ3v) is 3.47. The van der Waals surface area contributed by atoms with E-state index in [9.17, 15) is 14.0 Å². The van der Waals surface area contributed by atoms with Crippen molar-refractivity contribution in [2.24, 2.45) is 0 Å². The number of hydrogen-bond donors (Lipinski definition) is 1. The van der Waals surface area contributed by atoms with Gasteiger partial charge in [0.25, 0.3) is 0 Å². The van der Waals surface area contributed by atoms with Crippen LogP contribution in [0.4, 0.5) is 4.39 Å². The second kappa shape index (κ2) is 6.00. The van der Waals surface area contributed by atoms with E-state index in [1.165, 1.54) is 36.3 Å². The van der Waals surface area contributed by atoms with Crippen LogP contribution in [-0.2, 0) is 20.7 Å². The summed E-state index contributed by atoms with van der Waals surface area (Å²) in [6, 6.07) is 4.74. The Hall–Kier alpha value is -1.95. The zero-order chi connectivity index (χ0) is 14.7. The Kier molecular flexibility index (Phi) is 4.34. The minimum absolute atomic E-state index is 0.0560. The SMILES string of the molecule is COC1CC(C(=O)O)N(C(=O)Cc2ccc(F)cc2)C1. The van der Waals surface area contributed by atoms with Crippen molar-refractivity contribution in [2.45, 2.75) is 25.0 Å². The highest BCUT2D eigenvalue weighted by Gasteiger charge is 2.39. The normalized spacial score (nSPS) is 22.0. The number of nitrogens with zero attached hydrogens (tertiary/aromatic N) is 1. The Morgan fingerprint density at radius 3 is 2.60 bits per heavy atom. The molecule has 1 fully saturated rings. The molecule has 20 heavy (non-hydrogen) atoms. The van der Waals surface area contributed by atoms with Crippen LogP contribution in [0.15, 0.2) is 24.3 Å². The van der Waals surface area contributed by atoms with Crippen molar-refractivity contribution < 1.29 is 23.8 Å². The number of carbonyl (C=O) groups is 2. The molecule has 2 unspecified atom stereocenters. The first-order valence-electron chi connectivity index (χ1n) is 6.30. The highest BCUT2D eigenvalue weighted by molar-refractivity contribution is 5.85. The van der Waals surface area contributed by atoms with Gasteiger partial charge in [0, 0.05) is 20.1 Å². The van der Waals surface area contributed by atoms with Crippen LogP contribution in [0, 0.1) is 5.82 Å². The summed E-state index contributed by atoms with van der Waals surface area (Å²) in [5.74, 6) is -1.69. The summed E-state index contributed by atoms with van der Waals surface area (Å²) in [4.78, 5) is 24.7. The molecule has 1 aliphatic rings. The molecule has 0 spiro atoms. The van der Waals surface area contributed by atoms with Gasteiger partial charge in [0.2, 0.25) is 5.91 Å². The molecule has 1 saturated heterocycles. The number of halogens is 1. The minimum atomic E-state index is -1.03. The highest BCUT2D eigenvalue weighted by Crippen LogP contribution is 2.21. The quantitative estimate of drug-likeness (QED) is 0.896. The minimum Gasteiger partial charge on any atom is -0.480 e. The molecule has 5 nitrogen and oxygen atoms in total. The van der Waals surface area contributed by atoms with Gasteiger partial charge in [0.1, 0.15) is 11.9 Å². The fourth-order valence-corrected chi connectivity index (χ4v) is 2.36. The zero-order valence-electron chi connectivity index (χ0n) is 11.1. The van der Waals surface area contributed by atoms with Crippen LogP contribution in [0.3, 0.4) is 0 Å². The van der Waals surface area contributed by atoms with E-state index < -0.39 is 12.0 Å². The largest absolute Gasteiger partial charge is 0.480 e. The van der Waals surface area contributed by atoms with E-state index >= 15 is 0 Å². The van der Waals surface area contributed by atoms with Gasteiger partial charge in [-0.3, -0.25) is 4.79 Å². The molecule has 1 N–H and O–H groups in total. The number of rotatable bonds is 4. The monoisotopic (exact) mass is 281 g/mol. The second-order valence-electron chi connectivity index (χ2n) is 4.80. The van der Waals surface area contributed by atoms with Crippen LogP contribution in [0.25, 0.3) is 0 Å². The lowest BCUT2D eigenvalue weighted by Gasteiger charge is -2.21. The van der Waals surface area contributed by atoms with Crippen LogP contribution in [0.2, 0.25) is 0 Å². The predicted molar refractivity (Wildman–Crippen MR) is 68.7 cm³/mol. The van der Waals surface area contributed by atoms with Crippen molar-refractivity contribution in [3.63, 3.8) is 0 Å². The number of benzene rings is 1. The topological polar surface area (TPSA) is 66.8 Å². The Morgan fingerprint density at radius 2 is 2.05 bits per heavy atom. The van der Waals surface area contributed by atoms with Crippen LogP contribution in [0.5, 0.6) is 0 Å². The van der Waals surface area contributed by atoms with Gasteiger partial charge in [-0.1, -0.05) is 12.1 Å². The van der Waals surface area contributed by atoms with Gasteiger partial charge in [0.05, 0.1) is 12.5 Å². The summed E-state index contributed by atoms with van der Waals surface area (Å²) < 4.78 is 17.9. The first kappa shape index (κ1) is 14.5. The summed E-state index contributed by atoms with van der Waals surface area (Å²) in [7, 11) is 1.50. The molecule has 0 radical (unpaired) electrons. The van der Waals surface area contributed by atoms with E-state index in [4.69, 9.17) is 9.84 Å². The number of carboxylic acids is 1. The maximum absolute atomic E-state index is 12.8. The number of amides is 1. The average Bonchev–Trinajstić information content (AvgIpc) is 2.86. The standard InChI is InChI=1S/C14H16FNO4/c1-20-11-7-12(14(18)19)16(8-11)13(17)6-9-2-4-10(15)5-3-9/h2-5,11-12H,6-8H2,1H3,(H,18,19). The van der Waals surface area contributed by atoms with Crippen molar-refractivity contribution in [2.75, 3.05) is 13.7 Å². The molecule has 1 aliphatic heterocycles. The molecular formula is C14H16FNO4. The molecule has 1 amide bonds. The summed E-state index contributed by atoms with van der Waals surface area (Å²) in [6.07, 6.45) is 0.0925. The number of aliphatic carboxylic acids is 1. The summed E-state index contributed by atoms with van der Waals surface area (Å²) in [6.45, 7) is 0.271. The molecule has 0 aromatic heterocycles. The number of carbonyl (C=O) groups excluding carboxylic acids is 1. The smallest absolute Gasteiger partial charge is 0.326 e. The van der Waals surface area contributed by atoms with E-state index in [0.717, 1.165) is 0 Å². The molecule has 108 valence electrons. The molecule has 1 heterocycles. The molecule has 0 saturated carbocycles. The van der Waals surface area contributed by atoms with Crippen LogP contribution in [-0.4, -0.2) is 47.7 Å². The molecular weight excluding hydrogens is 265 g/mol. The summed E-state index contributed by atoms with van der Waals surface area (Å²) in [5, 5.41) is 9.15. The first-order chi connectivity index (χ1) is 9.51. The van der Waals surface area contributed by atoms with E-state index in [2.05, 4.69) is 0 Å². The van der Waals surface area contributed by atoms with Crippen LogP contribution >= 0.6 is 0 Å². The van der Waals surface area contributed by atoms with Crippen molar-refractivity contribution in [1.29, 1.82) is 0 Å². The Labute approximate surface area is 116 Å². The van der Waals surface area contributed by atoms with Crippen molar-refractivity contribution >= 4 is 11.9 Å². The Morgan fingerprint density at radius 1 is 1.40 bits per heavy atom. The molecule has 0 aliphatic carbocycles. The predicted octanol–water partition coefficient (Wildman–Crippen LogP) is 1.07. The summed E-state index contributed by atoms with van der Waals surface area (Å²) in [5.41, 5.74) is 0.654. The average molecular weight is 281 g/mol. The lowest BCUT2D eigenvalue weighted by atomic mass is 10.1. The fraction of sp³-hybridized carbons (Fsp3) is 0.429. The Balaban J connectivity index is 2.07. The van der Waals surface area contributed by atoms with Gasteiger partial charge in [-0.05, 0) is 17.7 Å². The molecule has 2 rings (SSSR count). The molecule has 0 bridgehead atoms. The van der Waals surface area contributed by atoms with Crippen molar-refractivity contribution in [1.82, 2.24) is 4.90 Å². The third-order valence-electron chi connectivity index (χ3n) is 3.47. The number of methoxy groups -OCH3 is 1. The molecule has 6 heteroatoms. The highest BCUT2D eigenvalue weighted by atomic mass is 19.1. The van der Waals surface area contributed by atoms with Crippen molar-refractivity contribution in [3.05, 3.63) is 35.6 Å². The number of ether oxygens (including phenoxy) is 1. The second-order valence-corrected chi connectivity index (χ2v) is 4.80. The lowest BCUT2D eigenvalue weighted by Crippen LogP contribution is -2.41. The van der Waals surface area contributed by atoms with Gasteiger partial charge < -0.3 is 14.7 Å². The summed E-state index contributed by atoms with van der Waals surface area (Å²) >= 11 is 0. The van der Waals surface area contributed by atoms with Gasteiger partial charge in [0.15, 0.2) is 0 Å². The third kappa shape index (κ3) is 3.14. The molecule has 1 aromatic carbocycles. The fourth-order valence-electron chi connectivity index (χ4n) is 2.36. The van der Waals surface area contributed by atoms with Gasteiger partial charge in [-0.15, -0.1) is 0 Å². The lowest BCUT2D eigenvalue weighted by molar-refractivity contribution is -0.148. The van der Waals surface area contributed by atoms with Gasteiger partial charge in [-0.25, -0.2) is 9.18 Å². The maximum atomic E-state index is 12.8. The van der Waals surface area contributed by atoms with Crippen LogP contribution < -0.4 is 0 Å². The maximum Gasteiger partial charge on any atom is 0.326 e. The van der Waals surface area contributed by atoms with E-state index in [1.807, 2.05) is 0 Å². The molecule has 2 atom stereocenters. The zero-order valence-corrected chi connectivity index (χ0v) is 11.1. The van der Waals surface area contributed by atoms with E-state index in [-0.39, 0.29) is 30.8 Å². The van der Waals surface area contributed by atoms with E-state index in [0.29, 0.717) is 12.0 Å².